The molecule has 0 amide bonds. The molecular formula is C11H16ClNO. The second-order valence-corrected chi connectivity index (χ2v) is 4.59. The summed E-state index contributed by atoms with van der Waals surface area (Å²) in [6.45, 7) is 3.57. The summed E-state index contributed by atoms with van der Waals surface area (Å²) in [5.41, 5.74) is 6.86. The van der Waals surface area contributed by atoms with Crippen molar-refractivity contribution in [3.63, 3.8) is 0 Å². The van der Waals surface area contributed by atoms with Gasteiger partial charge < -0.3 is 10.8 Å². The van der Waals surface area contributed by atoms with Gasteiger partial charge in [-0.1, -0.05) is 11.6 Å². The van der Waals surface area contributed by atoms with Crippen LogP contribution in [-0.2, 0) is 6.42 Å². The van der Waals surface area contributed by atoms with Gasteiger partial charge in [0.05, 0.1) is 5.60 Å². The molecule has 0 aliphatic heterocycles. The maximum atomic E-state index is 9.57. The topological polar surface area (TPSA) is 46.2 Å². The lowest BCUT2D eigenvalue weighted by atomic mass is 9.98. The first-order valence-electron chi connectivity index (χ1n) is 4.65. The molecule has 0 aliphatic rings. The van der Waals surface area contributed by atoms with Gasteiger partial charge in [0.15, 0.2) is 0 Å². The van der Waals surface area contributed by atoms with Gasteiger partial charge in [0.2, 0.25) is 0 Å². The fraction of sp³-hybridized carbons (Fsp3) is 0.455. The number of aryl methyl sites for hydroxylation is 1. The maximum absolute atomic E-state index is 9.57. The summed E-state index contributed by atoms with van der Waals surface area (Å²) in [6.07, 6.45) is 1.42. The average molecular weight is 214 g/mol. The molecule has 0 spiro atoms. The number of halogens is 1. The highest BCUT2D eigenvalue weighted by Crippen LogP contribution is 2.21. The van der Waals surface area contributed by atoms with Gasteiger partial charge in [0.1, 0.15) is 0 Å². The first-order chi connectivity index (χ1) is 6.38. The second kappa shape index (κ2) is 4.20. The number of nitrogen functional groups attached to an aromatic ring is 1. The molecule has 0 unspecified atom stereocenters. The summed E-state index contributed by atoms with van der Waals surface area (Å²) in [5.74, 6) is 0. The number of nitrogens with two attached hydrogens (primary N) is 1. The van der Waals surface area contributed by atoms with Gasteiger partial charge in [-0.25, -0.2) is 0 Å². The highest BCUT2D eigenvalue weighted by atomic mass is 35.5. The zero-order valence-electron chi connectivity index (χ0n) is 8.55. The van der Waals surface area contributed by atoms with E-state index in [-0.39, 0.29) is 0 Å². The number of aliphatic hydroxyl groups is 1. The highest BCUT2D eigenvalue weighted by Gasteiger charge is 2.13. The molecule has 0 aliphatic carbocycles. The zero-order valence-corrected chi connectivity index (χ0v) is 9.30. The van der Waals surface area contributed by atoms with Crippen LogP contribution in [0.4, 0.5) is 5.69 Å². The van der Waals surface area contributed by atoms with Crippen molar-refractivity contribution in [2.75, 3.05) is 5.73 Å². The van der Waals surface area contributed by atoms with Crippen LogP contribution < -0.4 is 5.73 Å². The fourth-order valence-electron chi connectivity index (χ4n) is 1.23. The van der Waals surface area contributed by atoms with Crippen molar-refractivity contribution < 1.29 is 5.11 Å². The number of rotatable bonds is 3. The van der Waals surface area contributed by atoms with E-state index in [4.69, 9.17) is 17.3 Å². The molecule has 0 heterocycles. The number of benzene rings is 1. The Bertz CT molecular complexity index is 318. The van der Waals surface area contributed by atoms with Crippen molar-refractivity contribution in [3.05, 3.63) is 28.8 Å². The Hall–Kier alpha value is -0.730. The molecular weight excluding hydrogens is 198 g/mol. The first-order valence-corrected chi connectivity index (χ1v) is 5.02. The summed E-state index contributed by atoms with van der Waals surface area (Å²) >= 11 is 5.85. The van der Waals surface area contributed by atoms with E-state index in [1.54, 1.807) is 26.0 Å². The fourth-order valence-corrected chi connectivity index (χ4v) is 1.43. The molecule has 0 saturated carbocycles. The van der Waals surface area contributed by atoms with Gasteiger partial charge in [-0.05, 0) is 50.5 Å². The molecule has 3 heteroatoms. The van der Waals surface area contributed by atoms with E-state index in [0.29, 0.717) is 11.4 Å². The second-order valence-electron chi connectivity index (χ2n) is 4.16. The van der Waals surface area contributed by atoms with E-state index in [0.717, 1.165) is 17.7 Å². The summed E-state index contributed by atoms with van der Waals surface area (Å²) in [7, 11) is 0. The third-order valence-electron chi connectivity index (χ3n) is 2.11. The normalized spacial score (nSPS) is 11.7. The van der Waals surface area contributed by atoms with Crippen molar-refractivity contribution >= 4 is 17.3 Å². The monoisotopic (exact) mass is 213 g/mol. The van der Waals surface area contributed by atoms with Crippen molar-refractivity contribution in [2.24, 2.45) is 0 Å². The van der Waals surface area contributed by atoms with Gasteiger partial charge in [-0.3, -0.25) is 0 Å². The van der Waals surface area contributed by atoms with Gasteiger partial charge in [0, 0.05) is 10.7 Å². The number of anilines is 1. The van der Waals surface area contributed by atoms with Crippen LogP contribution in [0.1, 0.15) is 25.8 Å². The number of hydrogen-bond donors (Lipinski definition) is 2. The molecule has 78 valence electrons. The van der Waals surface area contributed by atoms with E-state index >= 15 is 0 Å². The summed E-state index contributed by atoms with van der Waals surface area (Å²) < 4.78 is 0. The molecule has 1 rings (SSSR count). The summed E-state index contributed by atoms with van der Waals surface area (Å²) in [6, 6.07) is 5.41. The zero-order chi connectivity index (χ0) is 10.8. The Kier molecular flexibility index (Phi) is 3.40. The Balaban J connectivity index is 2.72. The van der Waals surface area contributed by atoms with Gasteiger partial charge >= 0.3 is 0 Å². The molecule has 0 aromatic heterocycles. The smallest absolute Gasteiger partial charge is 0.0595 e. The van der Waals surface area contributed by atoms with Crippen LogP contribution in [0.3, 0.4) is 0 Å². The molecule has 1 aromatic carbocycles. The molecule has 0 atom stereocenters. The Morgan fingerprint density at radius 1 is 1.43 bits per heavy atom. The van der Waals surface area contributed by atoms with Crippen molar-refractivity contribution in [1.82, 2.24) is 0 Å². The van der Waals surface area contributed by atoms with Crippen LogP contribution >= 0.6 is 11.6 Å². The van der Waals surface area contributed by atoms with Crippen LogP contribution in [0.2, 0.25) is 5.02 Å². The largest absolute Gasteiger partial charge is 0.399 e. The summed E-state index contributed by atoms with van der Waals surface area (Å²) in [5, 5.41) is 10.3. The van der Waals surface area contributed by atoms with Gasteiger partial charge in [0.25, 0.3) is 0 Å². The minimum atomic E-state index is -0.658. The van der Waals surface area contributed by atoms with E-state index < -0.39 is 5.60 Å². The minimum Gasteiger partial charge on any atom is -0.399 e. The van der Waals surface area contributed by atoms with Crippen LogP contribution in [0.5, 0.6) is 0 Å². The van der Waals surface area contributed by atoms with Gasteiger partial charge in [-0.15, -0.1) is 0 Å². The summed E-state index contributed by atoms with van der Waals surface area (Å²) in [4.78, 5) is 0. The average Bonchev–Trinajstić information content (AvgIpc) is 2.05. The quantitative estimate of drug-likeness (QED) is 0.759. The predicted molar refractivity (Wildman–Crippen MR) is 60.5 cm³/mol. The standard InChI is InChI=1S/C11H16ClNO/c1-11(2,14)6-5-8-7-9(12)3-4-10(8)13/h3-4,7,14H,5-6,13H2,1-2H3. The Labute approximate surface area is 89.7 Å². The molecule has 3 N–H and O–H groups in total. The third-order valence-corrected chi connectivity index (χ3v) is 2.35. The van der Waals surface area contributed by atoms with Crippen LogP contribution in [-0.4, -0.2) is 10.7 Å². The van der Waals surface area contributed by atoms with Crippen molar-refractivity contribution in [2.45, 2.75) is 32.3 Å². The minimum absolute atomic E-state index is 0.658. The SMILES string of the molecule is CC(C)(O)CCc1cc(Cl)ccc1N. The molecule has 0 saturated heterocycles. The Morgan fingerprint density at radius 3 is 2.64 bits per heavy atom. The Morgan fingerprint density at radius 2 is 2.07 bits per heavy atom. The van der Waals surface area contributed by atoms with Crippen LogP contribution in [0.15, 0.2) is 18.2 Å². The lowest BCUT2D eigenvalue weighted by molar-refractivity contribution is 0.0714. The molecule has 2 nitrogen and oxygen atoms in total. The van der Waals surface area contributed by atoms with Crippen LogP contribution in [0.25, 0.3) is 0 Å². The van der Waals surface area contributed by atoms with E-state index in [1.807, 2.05) is 6.07 Å². The molecule has 0 radical (unpaired) electrons. The lowest BCUT2D eigenvalue weighted by Crippen LogP contribution is -2.19. The molecule has 1 aromatic rings. The molecule has 0 bridgehead atoms. The predicted octanol–water partition coefficient (Wildman–Crippen LogP) is 2.63. The highest BCUT2D eigenvalue weighted by molar-refractivity contribution is 6.30. The first kappa shape index (κ1) is 11.3. The van der Waals surface area contributed by atoms with Crippen molar-refractivity contribution in [3.8, 4) is 0 Å². The number of hydrogen-bond acceptors (Lipinski definition) is 2. The lowest BCUT2D eigenvalue weighted by Gasteiger charge is -2.17. The van der Waals surface area contributed by atoms with Crippen molar-refractivity contribution in [1.29, 1.82) is 0 Å². The third kappa shape index (κ3) is 3.56. The van der Waals surface area contributed by atoms with Gasteiger partial charge in [-0.2, -0.15) is 0 Å². The van der Waals surface area contributed by atoms with Crippen LogP contribution in [0, 0.1) is 0 Å². The molecule has 0 fully saturated rings. The van der Waals surface area contributed by atoms with E-state index in [1.165, 1.54) is 0 Å². The maximum Gasteiger partial charge on any atom is 0.0595 e. The van der Waals surface area contributed by atoms with E-state index in [9.17, 15) is 5.11 Å². The van der Waals surface area contributed by atoms with E-state index in [2.05, 4.69) is 0 Å². The molecule has 14 heavy (non-hydrogen) atoms.